The lowest BCUT2D eigenvalue weighted by atomic mass is 9.70. The summed E-state index contributed by atoms with van der Waals surface area (Å²) < 4.78 is 5.82. The Hall–Kier alpha value is -2.81. The monoisotopic (exact) mass is 534 g/mol. The molecule has 0 bridgehead atoms. The fourth-order valence-electron chi connectivity index (χ4n) is 5.96. The number of carboxylic acids is 1. The molecule has 1 fully saturated rings. The van der Waals surface area contributed by atoms with Crippen molar-refractivity contribution >= 4 is 5.97 Å². The van der Waals surface area contributed by atoms with E-state index in [4.69, 9.17) is 9.84 Å². The van der Waals surface area contributed by atoms with Crippen molar-refractivity contribution < 1.29 is 24.9 Å². The topological polar surface area (TPSA) is 87.0 Å². The van der Waals surface area contributed by atoms with Gasteiger partial charge in [0.1, 0.15) is 18.5 Å². The first-order valence-corrected chi connectivity index (χ1v) is 14.5. The lowest BCUT2D eigenvalue weighted by Gasteiger charge is -2.35. The first kappa shape index (κ1) is 30.7. The summed E-state index contributed by atoms with van der Waals surface area (Å²) in [4.78, 5) is 10.7. The average molecular weight is 535 g/mol. The summed E-state index contributed by atoms with van der Waals surface area (Å²) in [6.45, 7) is 10.8. The van der Waals surface area contributed by atoms with Crippen LogP contribution in [0.3, 0.4) is 0 Å². The van der Waals surface area contributed by atoms with Crippen LogP contribution in [0.1, 0.15) is 106 Å². The number of benzene rings is 2. The Morgan fingerprint density at radius 2 is 1.62 bits per heavy atom. The molecule has 1 aliphatic carbocycles. The number of hydrogen-bond donors (Lipinski definition) is 3. The minimum absolute atomic E-state index is 0.0652. The first-order valence-electron chi connectivity index (χ1n) is 14.5. The Morgan fingerprint density at radius 3 is 2.18 bits per heavy atom. The number of aliphatic hydroxyl groups is 2. The van der Waals surface area contributed by atoms with Crippen LogP contribution in [0.4, 0.5) is 0 Å². The van der Waals surface area contributed by atoms with Gasteiger partial charge < -0.3 is 20.1 Å². The number of ether oxygens (including phenoxy) is 1. The van der Waals surface area contributed by atoms with Crippen molar-refractivity contribution in [3.63, 3.8) is 0 Å². The van der Waals surface area contributed by atoms with E-state index in [9.17, 15) is 15.0 Å². The van der Waals surface area contributed by atoms with E-state index in [1.165, 1.54) is 30.4 Å². The van der Waals surface area contributed by atoms with E-state index in [0.29, 0.717) is 5.75 Å². The van der Waals surface area contributed by atoms with Crippen LogP contribution in [0.25, 0.3) is 0 Å². The van der Waals surface area contributed by atoms with Gasteiger partial charge in [0.15, 0.2) is 0 Å². The van der Waals surface area contributed by atoms with Crippen LogP contribution < -0.4 is 4.74 Å². The maximum Gasteiger partial charge on any atom is 0.303 e. The van der Waals surface area contributed by atoms with Crippen molar-refractivity contribution in [3.8, 4) is 17.6 Å². The zero-order valence-electron chi connectivity index (χ0n) is 24.3. The molecule has 0 aliphatic heterocycles. The molecule has 3 N–H and O–H groups in total. The van der Waals surface area contributed by atoms with E-state index in [2.05, 4.69) is 69.9 Å². The molecule has 5 nitrogen and oxygen atoms in total. The van der Waals surface area contributed by atoms with E-state index < -0.39 is 18.2 Å². The molecular weight excluding hydrogens is 488 g/mol. The van der Waals surface area contributed by atoms with Crippen LogP contribution in [-0.4, -0.2) is 40.1 Å². The van der Waals surface area contributed by atoms with E-state index in [1.54, 1.807) is 0 Å². The molecule has 0 heterocycles. The van der Waals surface area contributed by atoms with Crippen LogP contribution >= 0.6 is 0 Å². The normalized spacial score (nSPS) is 16.6. The number of rotatable bonds is 11. The summed E-state index contributed by atoms with van der Waals surface area (Å²) in [5, 5.41) is 29.7. The SMILES string of the molecule is CCC(CC)(c1ccc(C#CC(O)C2(C)CCCCC2)c(C)c1)c1ccc(OCC(O)CCC(=O)O)c(C)c1. The van der Waals surface area contributed by atoms with Gasteiger partial charge in [-0.25, -0.2) is 0 Å². The Morgan fingerprint density at radius 1 is 1.00 bits per heavy atom. The minimum atomic E-state index is -0.924. The summed E-state index contributed by atoms with van der Waals surface area (Å²) in [6, 6.07) is 12.7. The van der Waals surface area contributed by atoms with Crippen molar-refractivity contribution in [1.82, 2.24) is 0 Å². The highest BCUT2D eigenvalue weighted by Crippen LogP contribution is 2.41. The molecule has 39 heavy (non-hydrogen) atoms. The van der Waals surface area contributed by atoms with Gasteiger partial charge in [-0.05, 0) is 80.3 Å². The number of hydrogen-bond acceptors (Lipinski definition) is 4. The van der Waals surface area contributed by atoms with E-state index in [1.807, 2.05) is 13.0 Å². The van der Waals surface area contributed by atoms with Gasteiger partial charge in [0.25, 0.3) is 0 Å². The van der Waals surface area contributed by atoms with Crippen molar-refractivity contribution in [1.29, 1.82) is 0 Å². The van der Waals surface area contributed by atoms with E-state index >= 15 is 0 Å². The third-order valence-electron chi connectivity index (χ3n) is 8.84. The molecule has 0 aromatic heterocycles. The number of aliphatic carboxylic acids is 1. The summed E-state index contributed by atoms with van der Waals surface area (Å²) in [5.41, 5.74) is 5.22. The molecule has 2 atom stereocenters. The molecule has 1 saturated carbocycles. The van der Waals surface area contributed by atoms with Crippen molar-refractivity contribution in [2.75, 3.05) is 6.61 Å². The zero-order valence-corrected chi connectivity index (χ0v) is 24.3. The van der Waals surface area contributed by atoms with Gasteiger partial charge in [-0.1, -0.05) is 76.1 Å². The number of carboxylic acid groups (broad SMARTS) is 1. The van der Waals surface area contributed by atoms with Gasteiger partial charge in [0.05, 0.1) is 6.10 Å². The molecule has 1 aliphatic rings. The highest BCUT2D eigenvalue weighted by molar-refractivity contribution is 5.66. The smallest absolute Gasteiger partial charge is 0.303 e. The van der Waals surface area contributed by atoms with Gasteiger partial charge >= 0.3 is 5.97 Å². The lowest BCUT2D eigenvalue weighted by Crippen LogP contribution is -2.33. The maximum absolute atomic E-state index is 10.8. The Kier molecular flexibility index (Phi) is 10.6. The van der Waals surface area contributed by atoms with Gasteiger partial charge in [-0.2, -0.15) is 0 Å². The van der Waals surface area contributed by atoms with Crippen LogP contribution in [0.15, 0.2) is 36.4 Å². The van der Waals surface area contributed by atoms with Crippen LogP contribution in [0.5, 0.6) is 5.75 Å². The van der Waals surface area contributed by atoms with E-state index in [-0.39, 0.29) is 30.3 Å². The fourth-order valence-corrected chi connectivity index (χ4v) is 5.96. The van der Waals surface area contributed by atoms with Gasteiger partial charge in [-0.3, -0.25) is 4.79 Å². The molecule has 0 amide bonds. The largest absolute Gasteiger partial charge is 0.491 e. The van der Waals surface area contributed by atoms with Gasteiger partial charge in [-0.15, -0.1) is 0 Å². The molecule has 5 heteroatoms. The predicted octanol–water partition coefficient (Wildman–Crippen LogP) is 6.70. The molecule has 3 rings (SSSR count). The summed E-state index contributed by atoms with van der Waals surface area (Å²) >= 11 is 0. The standard InChI is InChI=1S/C34H46O5/c1-6-34(7-2,28-14-16-30(25(4)22-28)39-23-29(35)15-18-32(37)38)27-13-11-26(24(3)21-27)12-17-31(36)33(5)19-9-8-10-20-33/h11,13-14,16,21-22,29,31,35-36H,6-10,15,18-20,23H2,1-5H3,(H,37,38). The van der Waals surface area contributed by atoms with Crippen molar-refractivity contribution in [2.45, 2.75) is 110 Å². The molecule has 212 valence electrons. The second-order valence-corrected chi connectivity index (χ2v) is 11.6. The summed E-state index contributed by atoms with van der Waals surface area (Å²) in [6.07, 6.45) is 6.17. The highest BCUT2D eigenvalue weighted by atomic mass is 16.5. The second-order valence-electron chi connectivity index (χ2n) is 11.6. The van der Waals surface area contributed by atoms with Crippen molar-refractivity contribution in [2.24, 2.45) is 5.41 Å². The predicted molar refractivity (Wildman–Crippen MR) is 156 cm³/mol. The quantitative estimate of drug-likeness (QED) is 0.279. The molecule has 0 saturated heterocycles. The molecule has 0 spiro atoms. The van der Waals surface area contributed by atoms with Gasteiger partial charge in [0.2, 0.25) is 0 Å². The Labute approximate surface area is 234 Å². The minimum Gasteiger partial charge on any atom is -0.491 e. The molecule has 2 unspecified atom stereocenters. The maximum atomic E-state index is 10.8. The third kappa shape index (κ3) is 7.44. The number of aliphatic hydroxyl groups excluding tert-OH is 2. The highest BCUT2D eigenvalue weighted by Gasteiger charge is 2.34. The second kappa shape index (κ2) is 13.5. The van der Waals surface area contributed by atoms with Crippen molar-refractivity contribution in [3.05, 3.63) is 64.2 Å². The number of aryl methyl sites for hydroxylation is 2. The molecular formula is C34H46O5. The van der Waals surface area contributed by atoms with Crippen LogP contribution in [0, 0.1) is 31.1 Å². The van der Waals surface area contributed by atoms with E-state index in [0.717, 1.165) is 42.4 Å². The first-order chi connectivity index (χ1) is 18.5. The fraction of sp³-hybridized carbons (Fsp3) is 0.559. The van der Waals surface area contributed by atoms with Crippen LogP contribution in [-0.2, 0) is 10.2 Å². The Bertz CT molecular complexity index is 1180. The van der Waals surface area contributed by atoms with Crippen LogP contribution in [0.2, 0.25) is 0 Å². The molecule has 2 aromatic carbocycles. The Balaban J connectivity index is 1.80. The lowest BCUT2D eigenvalue weighted by molar-refractivity contribution is -0.137. The summed E-state index contributed by atoms with van der Waals surface area (Å²) in [5.74, 6) is 6.21. The zero-order chi connectivity index (χ0) is 28.6. The summed E-state index contributed by atoms with van der Waals surface area (Å²) in [7, 11) is 0. The molecule has 2 aromatic rings. The molecule has 0 radical (unpaired) electrons. The van der Waals surface area contributed by atoms with Gasteiger partial charge in [0, 0.05) is 22.8 Å². The number of carbonyl (C=O) groups is 1. The average Bonchev–Trinajstić information content (AvgIpc) is 2.92. The third-order valence-corrected chi connectivity index (χ3v) is 8.84.